The maximum absolute atomic E-state index is 12.7. The van der Waals surface area contributed by atoms with Crippen LogP contribution in [-0.2, 0) is 29.2 Å². The molecule has 4 rings (SSSR count). The lowest BCUT2D eigenvalue weighted by atomic mass is 9.62. The quantitative estimate of drug-likeness (QED) is 0.413. The van der Waals surface area contributed by atoms with Gasteiger partial charge in [-0.3, -0.25) is 4.79 Å². The smallest absolute Gasteiger partial charge is 0.287 e. The number of nitrogens with one attached hydrogen (secondary N) is 1. The van der Waals surface area contributed by atoms with Crippen LogP contribution in [0.15, 0.2) is 52.9 Å². The highest BCUT2D eigenvalue weighted by atomic mass is 16.3. The lowest BCUT2D eigenvalue weighted by molar-refractivity contribution is 0.0921. The number of carbonyl (C=O) groups is 1. The minimum absolute atomic E-state index is 0.120. The Kier molecular flexibility index (Phi) is 6.51. The van der Waals surface area contributed by atoms with Crippen LogP contribution in [0.4, 0.5) is 0 Å². The van der Waals surface area contributed by atoms with E-state index in [4.69, 9.17) is 4.42 Å². The zero-order chi connectivity index (χ0) is 25.6. The highest BCUT2D eigenvalue weighted by molar-refractivity contribution is 5.91. The number of fused-ring (bicyclic) bond motifs is 1. The average molecular weight is 472 g/mol. The minimum atomic E-state index is -0.179. The van der Waals surface area contributed by atoms with Crippen LogP contribution in [0.3, 0.4) is 0 Å². The zero-order valence-electron chi connectivity index (χ0n) is 22.8. The molecule has 1 N–H and O–H groups in total. The van der Waals surface area contributed by atoms with Gasteiger partial charge in [-0.15, -0.1) is 0 Å². The second-order valence-corrected chi connectivity index (χ2v) is 12.7. The number of furan rings is 1. The fourth-order valence-electron chi connectivity index (χ4n) is 5.13. The second-order valence-electron chi connectivity index (χ2n) is 12.7. The Morgan fingerprint density at radius 3 is 2.11 bits per heavy atom. The third-order valence-corrected chi connectivity index (χ3v) is 7.83. The predicted octanol–water partition coefficient (Wildman–Crippen LogP) is 7.76. The van der Waals surface area contributed by atoms with Crippen molar-refractivity contribution in [3.63, 3.8) is 0 Å². The molecule has 0 atom stereocenters. The topological polar surface area (TPSA) is 42.2 Å². The monoisotopic (exact) mass is 471 g/mol. The molecular formula is C32H41NO2. The Bertz CT molecular complexity index is 1220. The van der Waals surface area contributed by atoms with Gasteiger partial charge in [0.25, 0.3) is 5.91 Å². The molecule has 0 spiro atoms. The molecule has 2 aromatic carbocycles. The number of amides is 1. The molecule has 0 unspecified atom stereocenters. The molecule has 1 aliphatic carbocycles. The highest BCUT2D eigenvalue weighted by Gasteiger charge is 2.37. The van der Waals surface area contributed by atoms with Crippen molar-refractivity contribution in [1.29, 1.82) is 0 Å². The van der Waals surface area contributed by atoms with E-state index >= 15 is 0 Å². The van der Waals surface area contributed by atoms with Gasteiger partial charge in [-0.1, -0.05) is 84.9 Å². The van der Waals surface area contributed by atoms with E-state index in [-0.39, 0.29) is 22.2 Å². The molecule has 1 aliphatic rings. The summed E-state index contributed by atoms with van der Waals surface area (Å²) in [5.41, 5.74) is 8.35. The molecule has 0 fully saturated rings. The maximum atomic E-state index is 12.7. The van der Waals surface area contributed by atoms with Gasteiger partial charge in [0.2, 0.25) is 0 Å². The Morgan fingerprint density at radius 2 is 1.51 bits per heavy atom. The summed E-state index contributed by atoms with van der Waals surface area (Å²) in [5, 5.41) is 2.99. The van der Waals surface area contributed by atoms with Crippen molar-refractivity contribution >= 4 is 5.91 Å². The van der Waals surface area contributed by atoms with Gasteiger partial charge in [0.05, 0.1) is 0 Å². The molecule has 1 aromatic heterocycles. The molecule has 1 heterocycles. The fraction of sp³-hybridized carbons (Fsp3) is 0.469. The van der Waals surface area contributed by atoms with E-state index in [0.717, 1.165) is 11.3 Å². The van der Waals surface area contributed by atoms with Gasteiger partial charge in [0.1, 0.15) is 5.76 Å². The Morgan fingerprint density at radius 1 is 0.914 bits per heavy atom. The number of hydrogen-bond acceptors (Lipinski definition) is 2. The third kappa shape index (κ3) is 5.39. The van der Waals surface area contributed by atoms with Crippen LogP contribution in [0, 0.1) is 6.92 Å². The molecule has 3 nitrogen and oxygen atoms in total. The molecular weight excluding hydrogens is 430 g/mol. The van der Waals surface area contributed by atoms with Crippen molar-refractivity contribution in [1.82, 2.24) is 5.32 Å². The van der Waals surface area contributed by atoms with Crippen molar-refractivity contribution in [2.75, 3.05) is 0 Å². The van der Waals surface area contributed by atoms with E-state index in [0.29, 0.717) is 18.7 Å². The van der Waals surface area contributed by atoms with Crippen LogP contribution < -0.4 is 5.32 Å². The average Bonchev–Trinajstić information content (AvgIpc) is 3.25. The Labute approximate surface area is 211 Å². The highest BCUT2D eigenvalue weighted by Crippen LogP contribution is 2.46. The van der Waals surface area contributed by atoms with Crippen molar-refractivity contribution < 1.29 is 9.21 Å². The van der Waals surface area contributed by atoms with Gasteiger partial charge in [-0.25, -0.2) is 0 Å². The van der Waals surface area contributed by atoms with E-state index in [1.54, 1.807) is 6.07 Å². The number of rotatable bonds is 5. The Hall–Kier alpha value is -2.81. The maximum Gasteiger partial charge on any atom is 0.287 e. The second kappa shape index (κ2) is 9.00. The molecule has 1 amide bonds. The summed E-state index contributed by atoms with van der Waals surface area (Å²) >= 11 is 0. The lowest BCUT2D eigenvalue weighted by Crippen LogP contribution is -2.34. The summed E-state index contributed by atoms with van der Waals surface area (Å²) in [6, 6.07) is 16.9. The summed E-state index contributed by atoms with van der Waals surface area (Å²) in [4.78, 5) is 12.7. The first-order chi connectivity index (χ1) is 16.3. The minimum Gasteiger partial charge on any atom is -0.456 e. The summed E-state index contributed by atoms with van der Waals surface area (Å²) in [6.45, 7) is 18.7. The molecule has 186 valence electrons. The zero-order valence-corrected chi connectivity index (χ0v) is 22.8. The first-order valence-electron chi connectivity index (χ1n) is 12.9. The van der Waals surface area contributed by atoms with Crippen molar-refractivity contribution in [2.24, 2.45) is 0 Å². The molecule has 3 heteroatoms. The van der Waals surface area contributed by atoms with Crippen molar-refractivity contribution in [3.8, 4) is 0 Å². The molecule has 0 saturated heterocycles. The number of aryl methyl sites for hydroxylation is 1. The predicted molar refractivity (Wildman–Crippen MR) is 144 cm³/mol. The van der Waals surface area contributed by atoms with E-state index in [9.17, 15) is 4.79 Å². The summed E-state index contributed by atoms with van der Waals surface area (Å²) < 4.78 is 5.98. The number of carbonyl (C=O) groups excluding carboxylic acids is 1. The van der Waals surface area contributed by atoms with Gasteiger partial charge in [0.15, 0.2) is 5.76 Å². The van der Waals surface area contributed by atoms with Crippen LogP contribution in [0.2, 0.25) is 0 Å². The molecule has 0 bridgehead atoms. The van der Waals surface area contributed by atoms with E-state index in [1.165, 1.54) is 40.7 Å². The van der Waals surface area contributed by atoms with Crippen LogP contribution in [-0.4, -0.2) is 5.91 Å². The van der Waals surface area contributed by atoms with Gasteiger partial charge in [-0.05, 0) is 81.5 Å². The van der Waals surface area contributed by atoms with Crippen LogP contribution in [0.25, 0.3) is 0 Å². The van der Waals surface area contributed by atoms with Crippen LogP contribution in [0.1, 0.15) is 111 Å². The molecule has 3 aromatic rings. The number of hydrogen-bond donors (Lipinski definition) is 1. The summed E-state index contributed by atoms with van der Waals surface area (Å²) in [6.07, 6.45) is 3.10. The Balaban J connectivity index is 1.45. The molecule has 0 aliphatic heterocycles. The standard InChI is InChI=1S/C32H41NO2/c1-21-17-26-27(32(7,8)16-15-31(26,5)6)19-23(21)18-25-13-14-28(35-25)29(34)33-20-22-9-11-24(12-10-22)30(2,3)4/h9-14,17,19H,15-16,18,20H2,1-8H3,(H,33,34). The van der Waals surface area contributed by atoms with E-state index in [2.05, 4.69) is 97.1 Å². The molecule has 0 saturated carbocycles. The summed E-state index contributed by atoms with van der Waals surface area (Å²) in [5.74, 6) is 1.00. The van der Waals surface area contributed by atoms with Crippen LogP contribution >= 0.6 is 0 Å². The fourth-order valence-corrected chi connectivity index (χ4v) is 5.13. The first-order valence-corrected chi connectivity index (χ1v) is 12.9. The normalized spacial score (nSPS) is 16.6. The summed E-state index contributed by atoms with van der Waals surface area (Å²) in [7, 11) is 0. The SMILES string of the molecule is Cc1cc2c(cc1Cc1ccc(C(=O)NCc3ccc(C(C)(C)C)cc3)o1)C(C)(C)CCC2(C)C. The van der Waals surface area contributed by atoms with Gasteiger partial charge < -0.3 is 9.73 Å². The lowest BCUT2D eigenvalue weighted by Gasteiger charge is -2.42. The van der Waals surface area contributed by atoms with Gasteiger partial charge >= 0.3 is 0 Å². The first kappa shape index (κ1) is 25.3. The van der Waals surface area contributed by atoms with E-state index < -0.39 is 0 Å². The third-order valence-electron chi connectivity index (χ3n) is 7.83. The van der Waals surface area contributed by atoms with Crippen LogP contribution in [0.5, 0.6) is 0 Å². The van der Waals surface area contributed by atoms with Crippen molar-refractivity contribution in [2.45, 2.75) is 97.4 Å². The molecule has 0 radical (unpaired) electrons. The van der Waals surface area contributed by atoms with Gasteiger partial charge in [-0.2, -0.15) is 0 Å². The number of benzene rings is 2. The van der Waals surface area contributed by atoms with E-state index in [1.807, 2.05) is 6.07 Å². The van der Waals surface area contributed by atoms with Crippen molar-refractivity contribution in [3.05, 3.63) is 93.4 Å². The molecule has 35 heavy (non-hydrogen) atoms. The largest absolute Gasteiger partial charge is 0.456 e. The van der Waals surface area contributed by atoms with Gasteiger partial charge in [0, 0.05) is 13.0 Å².